The number of carbonyl (C=O) groups excluding carboxylic acids is 1. The van der Waals surface area contributed by atoms with E-state index in [1.807, 2.05) is 18.1 Å². The molecule has 0 N–H and O–H groups in total. The first kappa shape index (κ1) is 14.7. The maximum atomic E-state index is 11.1. The van der Waals surface area contributed by atoms with Crippen LogP contribution in [0.5, 0.6) is 0 Å². The fraction of sp³-hybridized carbons (Fsp3) is 0.667. The van der Waals surface area contributed by atoms with Gasteiger partial charge in [-0.1, -0.05) is 13.8 Å². The summed E-state index contributed by atoms with van der Waals surface area (Å²) in [5, 5.41) is 0. The summed E-state index contributed by atoms with van der Waals surface area (Å²) < 4.78 is 4.58. The second-order valence-corrected chi connectivity index (χ2v) is 4.19. The molecule has 0 aliphatic rings. The summed E-state index contributed by atoms with van der Waals surface area (Å²) in [6.45, 7) is 8.74. The van der Waals surface area contributed by atoms with Crippen molar-refractivity contribution in [3.63, 3.8) is 0 Å². The lowest BCUT2D eigenvalue weighted by molar-refractivity contribution is -0.139. The van der Waals surface area contributed by atoms with Crippen LogP contribution < -0.4 is 0 Å². The average Bonchev–Trinajstić information content (AvgIpc) is 2.25. The minimum Gasteiger partial charge on any atom is -0.469 e. The van der Waals surface area contributed by atoms with Gasteiger partial charge in [0.15, 0.2) is 0 Å². The summed E-state index contributed by atoms with van der Waals surface area (Å²) in [7, 11) is 3.33. The molecule has 0 aromatic carbocycles. The van der Waals surface area contributed by atoms with Gasteiger partial charge in [0.05, 0.1) is 19.2 Å². The van der Waals surface area contributed by atoms with Gasteiger partial charge >= 0.3 is 5.97 Å². The highest BCUT2D eigenvalue weighted by Gasteiger charge is 2.05. The Morgan fingerprint density at radius 2 is 2.19 bits per heavy atom. The minimum absolute atomic E-state index is 0.173. The number of hydrogen-bond donors (Lipinski definition) is 0. The van der Waals surface area contributed by atoms with E-state index in [4.69, 9.17) is 0 Å². The fourth-order valence-electron chi connectivity index (χ4n) is 1.14. The standard InChI is InChI=1S/C12H22N2O2/c1-10(2)6-7-14(4)9-11(13-3)8-12(15)16-5/h9-10H,3,6-8H2,1-2,4-5H3/b11-9-. The summed E-state index contributed by atoms with van der Waals surface area (Å²) >= 11 is 0. The second-order valence-electron chi connectivity index (χ2n) is 4.19. The number of methoxy groups -OCH3 is 1. The van der Waals surface area contributed by atoms with Crippen LogP contribution in [0, 0.1) is 5.92 Å². The lowest BCUT2D eigenvalue weighted by Crippen LogP contribution is -2.15. The predicted octanol–water partition coefficient (Wildman–Crippen LogP) is 2.07. The smallest absolute Gasteiger partial charge is 0.311 e. The van der Waals surface area contributed by atoms with Crippen molar-refractivity contribution in [3.8, 4) is 0 Å². The SMILES string of the molecule is C=N/C(=C\N(C)CCC(C)C)CC(=O)OC. The molecule has 92 valence electrons. The Morgan fingerprint density at radius 3 is 2.62 bits per heavy atom. The zero-order chi connectivity index (χ0) is 12.6. The molecule has 0 saturated heterocycles. The second kappa shape index (κ2) is 7.91. The Hall–Kier alpha value is -1.32. The summed E-state index contributed by atoms with van der Waals surface area (Å²) in [6.07, 6.45) is 3.12. The maximum absolute atomic E-state index is 11.1. The average molecular weight is 226 g/mol. The van der Waals surface area contributed by atoms with Gasteiger partial charge in [-0.05, 0) is 19.1 Å². The van der Waals surface area contributed by atoms with Crippen LogP contribution in [-0.2, 0) is 9.53 Å². The molecule has 0 atom stereocenters. The quantitative estimate of drug-likeness (QED) is 0.493. The molecule has 0 aromatic heterocycles. The van der Waals surface area contributed by atoms with Gasteiger partial charge < -0.3 is 9.64 Å². The Labute approximate surface area is 98.0 Å². The van der Waals surface area contributed by atoms with E-state index in [1.165, 1.54) is 7.11 Å². The molecule has 0 spiro atoms. The van der Waals surface area contributed by atoms with Crippen LogP contribution in [0.25, 0.3) is 0 Å². The summed E-state index contributed by atoms with van der Waals surface area (Å²) in [5.41, 5.74) is 0.637. The van der Waals surface area contributed by atoms with E-state index in [1.54, 1.807) is 0 Å². The molecule has 0 heterocycles. The fourth-order valence-corrected chi connectivity index (χ4v) is 1.14. The van der Waals surface area contributed by atoms with Crippen LogP contribution in [0.3, 0.4) is 0 Å². The van der Waals surface area contributed by atoms with Gasteiger partial charge in [-0.2, -0.15) is 0 Å². The number of ether oxygens (including phenoxy) is 1. The van der Waals surface area contributed by atoms with E-state index >= 15 is 0 Å². The first-order valence-corrected chi connectivity index (χ1v) is 5.44. The van der Waals surface area contributed by atoms with Crippen LogP contribution in [0.4, 0.5) is 0 Å². The Bertz CT molecular complexity index is 260. The van der Waals surface area contributed by atoms with Crippen molar-refractivity contribution < 1.29 is 9.53 Å². The third-order valence-electron chi connectivity index (χ3n) is 2.18. The molecule has 0 rings (SSSR count). The largest absolute Gasteiger partial charge is 0.469 e. The van der Waals surface area contributed by atoms with Crippen LogP contribution in [-0.4, -0.2) is 38.3 Å². The maximum Gasteiger partial charge on any atom is 0.311 e. The highest BCUT2D eigenvalue weighted by Crippen LogP contribution is 2.07. The van der Waals surface area contributed by atoms with Crippen molar-refractivity contribution >= 4 is 12.7 Å². The van der Waals surface area contributed by atoms with Crippen molar-refractivity contribution in [2.75, 3.05) is 20.7 Å². The lowest BCUT2D eigenvalue weighted by Gasteiger charge is -2.16. The van der Waals surface area contributed by atoms with E-state index in [0.717, 1.165) is 13.0 Å². The number of nitrogens with zero attached hydrogens (tertiary/aromatic N) is 2. The first-order chi connectivity index (χ1) is 7.49. The van der Waals surface area contributed by atoms with Gasteiger partial charge in [0, 0.05) is 19.8 Å². The molecule has 0 aliphatic heterocycles. The van der Waals surface area contributed by atoms with Gasteiger partial charge in [0.2, 0.25) is 0 Å². The molecule has 0 aliphatic carbocycles. The third kappa shape index (κ3) is 7.04. The minimum atomic E-state index is -0.295. The van der Waals surface area contributed by atoms with Gasteiger partial charge in [-0.15, -0.1) is 0 Å². The molecular formula is C12H22N2O2. The van der Waals surface area contributed by atoms with Gasteiger partial charge in [-0.25, -0.2) is 0 Å². The lowest BCUT2D eigenvalue weighted by atomic mass is 10.1. The molecule has 0 unspecified atom stereocenters. The van der Waals surface area contributed by atoms with Crippen molar-refractivity contribution in [1.82, 2.24) is 4.90 Å². The summed E-state index contributed by atoms with van der Waals surface area (Å²) in [4.78, 5) is 16.9. The number of carbonyl (C=O) groups is 1. The van der Waals surface area contributed by atoms with Crippen molar-refractivity contribution in [2.45, 2.75) is 26.7 Å². The van der Waals surface area contributed by atoms with Crippen molar-refractivity contribution in [3.05, 3.63) is 11.9 Å². The molecule has 0 bridgehead atoms. The molecule has 4 heteroatoms. The van der Waals surface area contributed by atoms with E-state index in [9.17, 15) is 4.79 Å². The van der Waals surface area contributed by atoms with Gasteiger partial charge in [0.1, 0.15) is 0 Å². The molecule has 0 aromatic rings. The van der Waals surface area contributed by atoms with Crippen LogP contribution in [0.15, 0.2) is 16.9 Å². The monoisotopic (exact) mass is 226 g/mol. The third-order valence-corrected chi connectivity index (χ3v) is 2.18. The van der Waals surface area contributed by atoms with Crippen molar-refractivity contribution in [1.29, 1.82) is 0 Å². The predicted molar refractivity (Wildman–Crippen MR) is 66.4 cm³/mol. The molecule has 0 radical (unpaired) electrons. The number of rotatable bonds is 7. The first-order valence-electron chi connectivity index (χ1n) is 5.44. The normalized spacial score (nSPS) is 11.4. The molecule has 0 amide bonds. The Kier molecular flexibility index (Phi) is 7.25. The van der Waals surface area contributed by atoms with Gasteiger partial charge in [-0.3, -0.25) is 9.79 Å². The van der Waals surface area contributed by atoms with E-state index < -0.39 is 0 Å². The van der Waals surface area contributed by atoms with E-state index in [0.29, 0.717) is 11.6 Å². The Morgan fingerprint density at radius 1 is 1.56 bits per heavy atom. The molecule has 4 nitrogen and oxygen atoms in total. The van der Waals surface area contributed by atoms with Crippen molar-refractivity contribution in [2.24, 2.45) is 10.9 Å². The molecule has 0 saturated carbocycles. The summed E-state index contributed by atoms with van der Waals surface area (Å²) in [5.74, 6) is 0.368. The van der Waals surface area contributed by atoms with Crippen LogP contribution >= 0.6 is 0 Å². The Balaban J connectivity index is 4.22. The molecule has 0 fully saturated rings. The topological polar surface area (TPSA) is 41.9 Å². The van der Waals surface area contributed by atoms with E-state index in [2.05, 4.69) is 30.3 Å². The van der Waals surface area contributed by atoms with Crippen LogP contribution in [0.2, 0.25) is 0 Å². The number of hydrogen-bond acceptors (Lipinski definition) is 4. The molecule has 16 heavy (non-hydrogen) atoms. The highest BCUT2D eigenvalue weighted by molar-refractivity contribution is 5.72. The van der Waals surface area contributed by atoms with Crippen LogP contribution in [0.1, 0.15) is 26.7 Å². The van der Waals surface area contributed by atoms with E-state index in [-0.39, 0.29) is 12.4 Å². The highest BCUT2D eigenvalue weighted by atomic mass is 16.5. The summed E-state index contributed by atoms with van der Waals surface area (Å²) in [6, 6.07) is 0. The molecular weight excluding hydrogens is 204 g/mol. The number of esters is 1. The van der Waals surface area contributed by atoms with Gasteiger partial charge in [0.25, 0.3) is 0 Å². The number of aliphatic imine (C=N–C) groups is 1. The zero-order valence-electron chi connectivity index (χ0n) is 10.7. The zero-order valence-corrected chi connectivity index (χ0v) is 10.7.